The second-order valence-corrected chi connectivity index (χ2v) is 8.13. The van der Waals surface area contributed by atoms with Crippen molar-refractivity contribution in [3.63, 3.8) is 0 Å². The molecule has 198 valence electrons. The van der Waals surface area contributed by atoms with Gasteiger partial charge in [0.25, 0.3) is 0 Å². The van der Waals surface area contributed by atoms with Gasteiger partial charge in [0.15, 0.2) is 11.6 Å². The average Bonchev–Trinajstić information content (AvgIpc) is 2.86. The highest BCUT2D eigenvalue weighted by Gasteiger charge is 2.33. The van der Waals surface area contributed by atoms with Crippen molar-refractivity contribution >= 4 is 40.0 Å². The van der Waals surface area contributed by atoms with E-state index in [0.717, 1.165) is 12.1 Å². The maximum atomic E-state index is 14.5. The Morgan fingerprint density at radius 2 is 1.71 bits per heavy atom. The van der Waals surface area contributed by atoms with Gasteiger partial charge in [-0.1, -0.05) is 11.6 Å². The molecule has 0 atom stereocenters. The summed E-state index contributed by atoms with van der Waals surface area (Å²) in [5.74, 6) is -0.417. The molecule has 0 aliphatic carbocycles. The van der Waals surface area contributed by atoms with Crippen LogP contribution in [0.4, 0.5) is 33.7 Å². The Labute approximate surface area is 218 Å². The number of hydrogen-bond donors (Lipinski definition) is 2. The molecule has 2 amide bonds. The van der Waals surface area contributed by atoms with E-state index in [1.54, 1.807) is 19.2 Å². The lowest BCUT2D eigenvalue weighted by Gasteiger charge is -2.13. The van der Waals surface area contributed by atoms with Crippen LogP contribution in [0.15, 0.2) is 60.8 Å². The third-order valence-corrected chi connectivity index (χ3v) is 5.31. The van der Waals surface area contributed by atoms with Gasteiger partial charge in [-0.15, -0.1) is 0 Å². The molecule has 0 aliphatic rings. The molecule has 3 aromatic carbocycles. The van der Waals surface area contributed by atoms with E-state index < -0.39 is 28.6 Å². The molecule has 2 N–H and O–H groups in total. The zero-order chi connectivity index (χ0) is 27.3. The Morgan fingerprint density at radius 1 is 0.974 bits per heavy atom. The second-order valence-electron chi connectivity index (χ2n) is 7.72. The molecule has 4 aromatic rings. The maximum Gasteiger partial charge on any atom is 0.417 e. The van der Waals surface area contributed by atoms with Crippen LogP contribution in [0.25, 0.3) is 11.0 Å². The molecule has 0 spiro atoms. The van der Waals surface area contributed by atoms with Crippen LogP contribution < -0.4 is 20.1 Å². The fraction of sp³-hybridized carbons (Fsp3) is 0.160. The first-order valence-corrected chi connectivity index (χ1v) is 11.3. The zero-order valence-electron chi connectivity index (χ0n) is 19.6. The Morgan fingerprint density at radius 3 is 2.45 bits per heavy atom. The van der Waals surface area contributed by atoms with E-state index in [0.29, 0.717) is 23.7 Å². The first-order chi connectivity index (χ1) is 18.1. The van der Waals surface area contributed by atoms with Crippen molar-refractivity contribution in [3.8, 4) is 17.4 Å². The highest BCUT2D eigenvalue weighted by molar-refractivity contribution is 6.31. The number of halogens is 5. The number of carbonyl (C=O) groups is 1. The third-order valence-electron chi connectivity index (χ3n) is 4.98. The van der Waals surface area contributed by atoms with Gasteiger partial charge in [0.05, 0.1) is 34.4 Å². The number of ether oxygens (including phenoxy) is 3. The molecular weight excluding hydrogens is 532 g/mol. The minimum atomic E-state index is -4.69. The molecule has 13 heteroatoms. The van der Waals surface area contributed by atoms with E-state index in [9.17, 15) is 22.4 Å². The summed E-state index contributed by atoms with van der Waals surface area (Å²) < 4.78 is 69.7. The van der Waals surface area contributed by atoms with E-state index in [4.69, 9.17) is 25.8 Å². The van der Waals surface area contributed by atoms with Crippen LogP contribution in [0, 0.1) is 5.82 Å². The number of hydrogen-bond acceptors (Lipinski definition) is 6. The minimum absolute atomic E-state index is 0.123. The van der Waals surface area contributed by atoms with Crippen LogP contribution >= 0.6 is 11.6 Å². The largest absolute Gasteiger partial charge is 0.474 e. The zero-order valence-corrected chi connectivity index (χ0v) is 20.4. The number of benzene rings is 3. The average molecular weight is 551 g/mol. The number of aromatic nitrogens is 2. The Hall–Kier alpha value is -4.16. The summed E-state index contributed by atoms with van der Waals surface area (Å²) in [6.07, 6.45) is -3.23. The lowest BCUT2D eigenvalue weighted by Crippen LogP contribution is -2.20. The number of fused-ring (bicyclic) bond motifs is 1. The van der Waals surface area contributed by atoms with Gasteiger partial charge in [-0.2, -0.15) is 13.2 Å². The molecule has 0 saturated heterocycles. The summed E-state index contributed by atoms with van der Waals surface area (Å²) >= 11 is 5.60. The molecular formula is C25H19ClF4N4O4. The van der Waals surface area contributed by atoms with Crippen molar-refractivity contribution < 1.29 is 36.6 Å². The second kappa shape index (κ2) is 11.5. The summed E-state index contributed by atoms with van der Waals surface area (Å²) in [5.41, 5.74) is -0.116. The summed E-state index contributed by atoms with van der Waals surface area (Å²) in [6.45, 7) is 0.659. The van der Waals surface area contributed by atoms with Crippen molar-refractivity contribution in [2.75, 3.05) is 31.0 Å². The number of alkyl halides is 3. The predicted molar refractivity (Wildman–Crippen MR) is 132 cm³/mol. The molecule has 8 nitrogen and oxygen atoms in total. The lowest BCUT2D eigenvalue weighted by molar-refractivity contribution is -0.137. The predicted octanol–water partition coefficient (Wildman–Crippen LogP) is 6.90. The van der Waals surface area contributed by atoms with E-state index in [1.807, 2.05) is 0 Å². The summed E-state index contributed by atoms with van der Waals surface area (Å²) in [4.78, 5) is 20.9. The van der Waals surface area contributed by atoms with Gasteiger partial charge in [-0.25, -0.2) is 19.2 Å². The van der Waals surface area contributed by atoms with Crippen LogP contribution in [0.2, 0.25) is 5.02 Å². The van der Waals surface area contributed by atoms with Crippen molar-refractivity contribution in [1.82, 2.24) is 9.97 Å². The molecule has 4 rings (SSSR count). The van der Waals surface area contributed by atoms with E-state index >= 15 is 0 Å². The number of urea groups is 1. The smallest absolute Gasteiger partial charge is 0.417 e. The Balaban J connectivity index is 1.47. The number of anilines is 2. The van der Waals surface area contributed by atoms with Gasteiger partial charge in [0.2, 0.25) is 5.88 Å². The van der Waals surface area contributed by atoms with Gasteiger partial charge in [-0.05, 0) is 42.5 Å². The minimum Gasteiger partial charge on any atom is -0.474 e. The highest BCUT2D eigenvalue weighted by atomic mass is 35.5. The van der Waals surface area contributed by atoms with Crippen molar-refractivity contribution in [1.29, 1.82) is 0 Å². The van der Waals surface area contributed by atoms with Crippen LogP contribution in [0.1, 0.15) is 5.56 Å². The van der Waals surface area contributed by atoms with Gasteiger partial charge >= 0.3 is 12.2 Å². The summed E-state index contributed by atoms with van der Waals surface area (Å²) in [5, 5.41) is 4.20. The number of methoxy groups -OCH3 is 1. The van der Waals surface area contributed by atoms with Gasteiger partial charge < -0.3 is 24.8 Å². The fourth-order valence-corrected chi connectivity index (χ4v) is 3.46. The van der Waals surface area contributed by atoms with Crippen LogP contribution in [-0.2, 0) is 10.9 Å². The van der Waals surface area contributed by atoms with Gasteiger partial charge in [0.1, 0.15) is 12.4 Å². The molecule has 0 aliphatic heterocycles. The Bertz CT molecular complexity index is 1470. The quantitative estimate of drug-likeness (QED) is 0.183. The molecule has 38 heavy (non-hydrogen) atoms. The van der Waals surface area contributed by atoms with Gasteiger partial charge in [0, 0.05) is 30.6 Å². The molecule has 0 fully saturated rings. The summed E-state index contributed by atoms with van der Waals surface area (Å²) in [6, 6.07) is 10.4. The SMILES string of the molecule is COCCOc1cnc2ccc(Oc3cc(NC(=O)Nc4ccc(Cl)c(C(F)(F)F)c4)ccc3F)cc2n1. The Kier molecular flexibility index (Phi) is 8.13. The van der Waals surface area contributed by atoms with Crippen LogP contribution in [0.5, 0.6) is 17.4 Å². The first kappa shape index (κ1) is 26.9. The number of amides is 2. The van der Waals surface area contributed by atoms with E-state index in [1.165, 1.54) is 30.5 Å². The van der Waals surface area contributed by atoms with Crippen molar-refractivity contribution in [3.05, 3.63) is 77.2 Å². The standard InChI is InChI=1S/C25H19ClF4N4O4/c1-36-8-9-37-23-13-31-20-7-4-16(12-21(20)34-23)38-22-11-15(3-6-19(22)27)33-24(35)32-14-2-5-18(26)17(10-14)25(28,29)30/h2-7,10-13H,8-9H2,1H3,(H2,32,33,35). The van der Waals surface area contributed by atoms with Crippen LogP contribution in [-0.4, -0.2) is 36.3 Å². The fourth-order valence-electron chi connectivity index (χ4n) is 3.24. The number of rotatable bonds is 8. The molecule has 0 unspecified atom stereocenters. The van der Waals surface area contributed by atoms with Gasteiger partial charge in [-0.3, -0.25) is 0 Å². The number of carbonyl (C=O) groups excluding carboxylic acids is 1. The number of nitrogens with zero attached hydrogens (tertiary/aromatic N) is 2. The molecule has 0 bridgehead atoms. The van der Waals surface area contributed by atoms with Crippen LogP contribution in [0.3, 0.4) is 0 Å². The lowest BCUT2D eigenvalue weighted by atomic mass is 10.2. The molecule has 1 heterocycles. The maximum absolute atomic E-state index is 14.5. The van der Waals surface area contributed by atoms with E-state index in [-0.39, 0.29) is 35.4 Å². The van der Waals surface area contributed by atoms with E-state index in [2.05, 4.69) is 20.6 Å². The normalized spacial score (nSPS) is 11.3. The van der Waals surface area contributed by atoms with Crippen molar-refractivity contribution in [2.45, 2.75) is 6.18 Å². The topological polar surface area (TPSA) is 94.6 Å². The third kappa shape index (κ3) is 6.78. The highest BCUT2D eigenvalue weighted by Crippen LogP contribution is 2.36. The first-order valence-electron chi connectivity index (χ1n) is 10.9. The molecule has 1 aromatic heterocycles. The molecule has 0 radical (unpaired) electrons. The summed E-state index contributed by atoms with van der Waals surface area (Å²) in [7, 11) is 1.54. The number of nitrogens with one attached hydrogen (secondary N) is 2. The molecule has 0 saturated carbocycles. The monoisotopic (exact) mass is 550 g/mol. The van der Waals surface area contributed by atoms with Crippen molar-refractivity contribution in [2.24, 2.45) is 0 Å².